The quantitative estimate of drug-likeness (QED) is 0.728. The van der Waals surface area contributed by atoms with Gasteiger partial charge in [-0.1, -0.05) is 12.1 Å². The van der Waals surface area contributed by atoms with Crippen LogP contribution in [0.3, 0.4) is 0 Å². The van der Waals surface area contributed by atoms with E-state index < -0.39 is 0 Å². The van der Waals surface area contributed by atoms with E-state index in [1.54, 1.807) is 12.1 Å². The number of aromatic amines is 1. The zero-order valence-electron chi connectivity index (χ0n) is 13.3. The molecule has 2 aromatic rings. The first-order chi connectivity index (χ1) is 11.0. The van der Waals surface area contributed by atoms with Gasteiger partial charge in [0, 0.05) is 19.6 Å². The molecule has 0 fully saturated rings. The van der Waals surface area contributed by atoms with Crippen LogP contribution >= 0.6 is 0 Å². The second-order valence-corrected chi connectivity index (χ2v) is 5.45. The second-order valence-electron chi connectivity index (χ2n) is 5.45. The van der Waals surface area contributed by atoms with E-state index in [1.807, 2.05) is 13.8 Å². The molecule has 124 valence electrons. The predicted octanol–water partition coefficient (Wildman–Crippen LogP) is 2.12. The van der Waals surface area contributed by atoms with Crippen molar-refractivity contribution < 1.29 is 9.13 Å². The third kappa shape index (κ3) is 5.78. The lowest BCUT2D eigenvalue weighted by atomic mass is 10.1. The highest BCUT2D eigenvalue weighted by Gasteiger charge is 2.06. The van der Waals surface area contributed by atoms with Crippen LogP contribution < -0.4 is 10.9 Å². The van der Waals surface area contributed by atoms with Crippen molar-refractivity contribution in [2.75, 3.05) is 18.5 Å². The predicted molar refractivity (Wildman–Crippen MR) is 86.1 cm³/mol. The van der Waals surface area contributed by atoms with Crippen LogP contribution in [0.15, 0.2) is 29.1 Å². The molecule has 0 aliphatic carbocycles. The Kier molecular flexibility index (Phi) is 6.22. The van der Waals surface area contributed by atoms with Gasteiger partial charge in [0.25, 0.3) is 5.56 Å². The molecule has 1 heterocycles. The lowest BCUT2D eigenvalue weighted by Crippen LogP contribution is -2.20. The van der Waals surface area contributed by atoms with Gasteiger partial charge in [0.1, 0.15) is 11.5 Å². The van der Waals surface area contributed by atoms with E-state index in [1.165, 1.54) is 12.1 Å². The molecule has 23 heavy (non-hydrogen) atoms. The fraction of sp³-hybridized carbons (Fsp3) is 0.438. The summed E-state index contributed by atoms with van der Waals surface area (Å²) >= 11 is 0. The summed E-state index contributed by atoms with van der Waals surface area (Å²) in [6.07, 6.45) is 1.32. The smallest absolute Gasteiger partial charge is 0.274 e. The number of hydrogen-bond donors (Lipinski definition) is 2. The third-order valence-corrected chi connectivity index (χ3v) is 3.11. The van der Waals surface area contributed by atoms with E-state index in [4.69, 9.17) is 4.74 Å². The summed E-state index contributed by atoms with van der Waals surface area (Å²) in [4.78, 5) is 14.6. The zero-order chi connectivity index (χ0) is 16.7. The molecule has 0 bridgehead atoms. The van der Waals surface area contributed by atoms with Gasteiger partial charge in [-0.05, 0) is 38.0 Å². The minimum atomic E-state index is -0.310. The summed E-state index contributed by atoms with van der Waals surface area (Å²) in [5.41, 5.74) is 0.799. The van der Waals surface area contributed by atoms with E-state index in [2.05, 4.69) is 20.5 Å². The van der Waals surface area contributed by atoms with E-state index in [0.717, 1.165) is 12.0 Å². The topological polar surface area (TPSA) is 79.9 Å². The van der Waals surface area contributed by atoms with Crippen molar-refractivity contribution in [3.05, 3.63) is 51.7 Å². The van der Waals surface area contributed by atoms with Crippen molar-refractivity contribution in [1.82, 2.24) is 15.2 Å². The van der Waals surface area contributed by atoms with Crippen LogP contribution in [0, 0.1) is 5.82 Å². The first-order valence-electron chi connectivity index (χ1n) is 7.60. The van der Waals surface area contributed by atoms with Gasteiger partial charge in [-0.3, -0.25) is 9.78 Å². The highest BCUT2D eigenvalue weighted by molar-refractivity contribution is 5.24. The molecule has 0 atom stereocenters. The van der Waals surface area contributed by atoms with Crippen LogP contribution in [0.25, 0.3) is 0 Å². The van der Waals surface area contributed by atoms with Crippen LogP contribution in [-0.4, -0.2) is 34.4 Å². The standard InChI is InChI=1S/C16H21FN4O2/c1-11(2)23-9-3-8-18-16-19-15(22)14(20-21-16)10-12-4-6-13(17)7-5-12/h4-7,11H,3,8-10H2,1-2H3,(H2,18,19,21,22). The fourth-order valence-corrected chi connectivity index (χ4v) is 1.95. The first-order valence-corrected chi connectivity index (χ1v) is 7.60. The molecule has 7 heteroatoms. The average Bonchev–Trinajstić information content (AvgIpc) is 2.51. The summed E-state index contributed by atoms with van der Waals surface area (Å²) in [5, 5.41) is 10.9. The molecule has 6 nitrogen and oxygen atoms in total. The van der Waals surface area contributed by atoms with E-state index in [-0.39, 0.29) is 17.5 Å². The number of H-pyrrole nitrogens is 1. The highest BCUT2D eigenvalue weighted by atomic mass is 19.1. The van der Waals surface area contributed by atoms with Crippen molar-refractivity contribution in [2.45, 2.75) is 32.8 Å². The summed E-state index contributed by atoms with van der Waals surface area (Å²) in [6, 6.07) is 5.95. The van der Waals surface area contributed by atoms with Crippen LogP contribution in [0.4, 0.5) is 10.3 Å². The van der Waals surface area contributed by atoms with Gasteiger partial charge in [-0.15, -0.1) is 10.2 Å². The van der Waals surface area contributed by atoms with Crippen molar-refractivity contribution >= 4 is 5.95 Å². The summed E-state index contributed by atoms with van der Waals surface area (Å²) in [6.45, 7) is 5.24. The maximum absolute atomic E-state index is 12.9. The van der Waals surface area contributed by atoms with Gasteiger partial charge >= 0.3 is 0 Å². The van der Waals surface area contributed by atoms with Gasteiger partial charge in [0.15, 0.2) is 0 Å². The molecule has 2 N–H and O–H groups in total. The Hall–Kier alpha value is -2.28. The monoisotopic (exact) mass is 320 g/mol. The molecular formula is C16H21FN4O2. The third-order valence-electron chi connectivity index (χ3n) is 3.11. The van der Waals surface area contributed by atoms with Gasteiger partial charge in [-0.25, -0.2) is 4.39 Å². The number of rotatable bonds is 8. The van der Waals surface area contributed by atoms with Gasteiger partial charge in [-0.2, -0.15) is 0 Å². The van der Waals surface area contributed by atoms with Crippen LogP contribution in [0.5, 0.6) is 0 Å². The van der Waals surface area contributed by atoms with Crippen molar-refractivity contribution in [2.24, 2.45) is 0 Å². The zero-order valence-corrected chi connectivity index (χ0v) is 13.3. The molecule has 0 unspecified atom stereocenters. The SMILES string of the molecule is CC(C)OCCCNc1nnc(Cc2ccc(F)cc2)c(=O)[nH]1. The second kappa shape index (κ2) is 8.38. The Morgan fingerprint density at radius 2 is 2.00 bits per heavy atom. The lowest BCUT2D eigenvalue weighted by molar-refractivity contribution is 0.0787. The van der Waals surface area contributed by atoms with E-state index in [9.17, 15) is 9.18 Å². The molecule has 1 aromatic carbocycles. The lowest BCUT2D eigenvalue weighted by Gasteiger charge is -2.08. The number of halogens is 1. The number of nitrogens with one attached hydrogen (secondary N) is 2. The normalized spacial score (nSPS) is 11.0. The molecular weight excluding hydrogens is 299 g/mol. The minimum Gasteiger partial charge on any atom is -0.379 e. The van der Waals surface area contributed by atoms with Gasteiger partial charge in [0.2, 0.25) is 5.95 Å². The Balaban J connectivity index is 1.87. The Bertz CT molecular complexity index is 671. The van der Waals surface area contributed by atoms with Crippen molar-refractivity contribution in [3.63, 3.8) is 0 Å². The van der Waals surface area contributed by atoms with Crippen LogP contribution in [0.2, 0.25) is 0 Å². The first kappa shape index (κ1) is 17.1. The number of ether oxygens (including phenoxy) is 1. The summed E-state index contributed by atoms with van der Waals surface area (Å²) in [5.74, 6) is 0.0251. The van der Waals surface area contributed by atoms with Crippen LogP contribution in [-0.2, 0) is 11.2 Å². The number of hydrogen-bond acceptors (Lipinski definition) is 5. The number of aromatic nitrogens is 3. The van der Waals surface area contributed by atoms with E-state index in [0.29, 0.717) is 31.2 Å². The average molecular weight is 320 g/mol. The molecule has 0 aliphatic rings. The summed E-state index contributed by atoms with van der Waals surface area (Å²) in [7, 11) is 0. The van der Waals surface area contributed by atoms with Crippen LogP contribution in [0.1, 0.15) is 31.5 Å². The van der Waals surface area contributed by atoms with E-state index >= 15 is 0 Å². The molecule has 0 aliphatic heterocycles. The summed E-state index contributed by atoms with van der Waals surface area (Å²) < 4.78 is 18.3. The van der Waals surface area contributed by atoms with Crippen molar-refractivity contribution in [3.8, 4) is 0 Å². The molecule has 0 saturated heterocycles. The largest absolute Gasteiger partial charge is 0.379 e. The molecule has 2 rings (SSSR count). The maximum Gasteiger partial charge on any atom is 0.274 e. The minimum absolute atomic E-state index is 0.209. The Morgan fingerprint density at radius 3 is 2.65 bits per heavy atom. The molecule has 1 aromatic heterocycles. The number of anilines is 1. The molecule has 0 saturated carbocycles. The Morgan fingerprint density at radius 1 is 1.26 bits per heavy atom. The molecule has 0 spiro atoms. The molecule has 0 amide bonds. The number of nitrogens with zero attached hydrogens (tertiary/aromatic N) is 2. The van der Waals surface area contributed by atoms with Crippen molar-refractivity contribution in [1.29, 1.82) is 0 Å². The van der Waals surface area contributed by atoms with Gasteiger partial charge < -0.3 is 10.1 Å². The highest BCUT2D eigenvalue weighted by Crippen LogP contribution is 2.06. The number of benzene rings is 1. The van der Waals surface area contributed by atoms with Gasteiger partial charge in [0.05, 0.1) is 6.10 Å². The maximum atomic E-state index is 12.9. The fourth-order valence-electron chi connectivity index (χ4n) is 1.95. The Labute approximate surface area is 134 Å². The molecule has 0 radical (unpaired) electrons.